The number of carbonyl (C=O) groups is 3. The lowest BCUT2D eigenvalue weighted by Crippen LogP contribution is -2.21. The van der Waals surface area contributed by atoms with Crippen molar-refractivity contribution in [1.29, 1.82) is 0 Å². The van der Waals surface area contributed by atoms with E-state index < -0.39 is 24.5 Å². The van der Waals surface area contributed by atoms with Crippen LogP contribution in [0.4, 0.5) is 5.69 Å². The summed E-state index contributed by atoms with van der Waals surface area (Å²) in [5, 5.41) is 5.06. The average Bonchev–Trinajstić information content (AvgIpc) is 3.30. The first kappa shape index (κ1) is 23.7. The highest BCUT2D eigenvalue weighted by atomic mass is 32.1. The number of hydrogen-bond acceptors (Lipinski definition) is 9. The number of thiazole rings is 1. The molecule has 0 aliphatic heterocycles. The van der Waals surface area contributed by atoms with Crippen LogP contribution in [0.2, 0.25) is 0 Å². The van der Waals surface area contributed by atoms with Gasteiger partial charge in [0.15, 0.2) is 18.1 Å². The van der Waals surface area contributed by atoms with E-state index in [0.717, 1.165) is 5.56 Å². The third-order valence-electron chi connectivity index (χ3n) is 4.46. The fourth-order valence-corrected chi connectivity index (χ4v) is 3.66. The number of methoxy groups -OCH3 is 3. The first-order valence-electron chi connectivity index (χ1n) is 9.74. The molecule has 10 heteroatoms. The normalized spacial score (nSPS) is 10.3. The Bertz CT molecular complexity index is 1140. The van der Waals surface area contributed by atoms with E-state index in [4.69, 9.17) is 14.2 Å². The van der Waals surface area contributed by atoms with E-state index >= 15 is 0 Å². The lowest BCUT2D eigenvalue weighted by Gasteiger charge is -2.08. The molecule has 33 heavy (non-hydrogen) atoms. The number of nitrogens with one attached hydrogen (secondary N) is 1. The Labute approximate surface area is 194 Å². The van der Waals surface area contributed by atoms with Crippen LogP contribution < -0.4 is 14.8 Å². The summed E-state index contributed by atoms with van der Waals surface area (Å²) in [5.41, 5.74) is 2.18. The van der Waals surface area contributed by atoms with Gasteiger partial charge in [0.25, 0.3) is 5.91 Å². The van der Waals surface area contributed by atoms with Crippen LogP contribution in [-0.2, 0) is 25.5 Å². The molecule has 0 spiro atoms. The molecule has 0 unspecified atom stereocenters. The van der Waals surface area contributed by atoms with Gasteiger partial charge in [0.1, 0.15) is 5.01 Å². The number of aromatic nitrogens is 1. The number of benzene rings is 2. The molecular weight excluding hydrogens is 448 g/mol. The lowest BCUT2D eigenvalue weighted by molar-refractivity contribution is -0.146. The zero-order valence-electron chi connectivity index (χ0n) is 18.2. The van der Waals surface area contributed by atoms with Crippen LogP contribution in [-0.4, -0.2) is 50.8 Å². The van der Waals surface area contributed by atoms with E-state index in [9.17, 15) is 14.4 Å². The quantitative estimate of drug-likeness (QED) is 0.474. The summed E-state index contributed by atoms with van der Waals surface area (Å²) in [6, 6.07) is 11.6. The Morgan fingerprint density at radius 3 is 2.36 bits per heavy atom. The highest BCUT2D eigenvalue weighted by Crippen LogP contribution is 2.33. The third kappa shape index (κ3) is 6.30. The molecule has 3 rings (SSSR count). The molecular formula is C23H22N2O7S. The Morgan fingerprint density at radius 2 is 1.70 bits per heavy atom. The second-order valence-electron chi connectivity index (χ2n) is 6.67. The van der Waals surface area contributed by atoms with Crippen LogP contribution in [0.3, 0.4) is 0 Å². The summed E-state index contributed by atoms with van der Waals surface area (Å²) in [6.45, 7) is -0.440. The van der Waals surface area contributed by atoms with Crippen molar-refractivity contribution in [2.75, 3.05) is 33.3 Å². The predicted molar refractivity (Wildman–Crippen MR) is 122 cm³/mol. The van der Waals surface area contributed by atoms with Crippen molar-refractivity contribution in [1.82, 2.24) is 4.98 Å². The number of ether oxygens (including phenoxy) is 4. The fraction of sp³-hybridized carbons (Fsp3) is 0.217. The van der Waals surface area contributed by atoms with Gasteiger partial charge in [-0.3, -0.25) is 9.59 Å². The second-order valence-corrected chi connectivity index (χ2v) is 7.53. The molecule has 0 aliphatic rings. The van der Waals surface area contributed by atoms with Crippen LogP contribution in [0.5, 0.6) is 11.5 Å². The van der Waals surface area contributed by atoms with Crippen molar-refractivity contribution < 1.29 is 33.3 Å². The van der Waals surface area contributed by atoms with Crippen LogP contribution >= 0.6 is 11.3 Å². The SMILES string of the molecule is COC(=O)c1ccc(NC(=O)COC(=O)Cc2csc(-c3ccc(OC)c(OC)c3)n2)cc1. The third-order valence-corrected chi connectivity index (χ3v) is 5.40. The van der Waals surface area contributed by atoms with E-state index in [1.54, 1.807) is 37.8 Å². The monoisotopic (exact) mass is 470 g/mol. The van der Waals surface area contributed by atoms with Gasteiger partial charge in [-0.2, -0.15) is 0 Å². The maximum atomic E-state index is 12.1. The molecule has 0 bridgehead atoms. The minimum absolute atomic E-state index is 0.0646. The van der Waals surface area contributed by atoms with Gasteiger partial charge in [-0.05, 0) is 42.5 Å². The summed E-state index contributed by atoms with van der Waals surface area (Å²) in [7, 11) is 4.40. The lowest BCUT2D eigenvalue weighted by atomic mass is 10.2. The molecule has 1 aromatic heterocycles. The Hall–Kier alpha value is -3.92. The molecule has 0 fully saturated rings. The van der Waals surface area contributed by atoms with Gasteiger partial charge in [-0.25, -0.2) is 9.78 Å². The van der Waals surface area contributed by atoms with Gasteiger partial charge in [0.2, 0.25) is 0 Å². The van der Waals surface area contributed by atoms with Gasteiger partial charge < -0.3 is 24.3 Å². The van der Waals surface area contributed by atoms with Crippen LogP contribution in [0.15, 0.2) is 47.8 Å². The molecule has 3 aromatic rings. The fourth-order valence-electron chi connectivity index (χ4n) is 2.84. The van der Waals surface area contributed by atoms with Crippen molar-refractivity contribution in [3.63, 3.8) is 0 Å². The number of anilines is 1. The van der Waals surface area contributed by atoms with Crippen LogP contribution in [0, 0.1) is 0 Å². The summed E-state index contributed by atoms with van der Waals surface area (Å²) in [4.78, 5) is 40.0. The second kappa shape index (κ2) is 11.1. The smallest absolute Gasteiger partial charge is 0.337 e. The number of carbonyl (C=O) groups excluding carboxylic acids is 3. The highest BCUT2D eigenvalue weighted by molar-refractivity contribution is 7.13. The number of rotatable bonds is 9. The van der Waals surface area contributed by atoms with Crippen molar-refractivity contribution in [2.45, 2.75) is 6.42 Å². The van der Waals surface area contributed by atoms with Gasteiger partial charge in [-0.15, -0.1) is 11.3 Å². The molecule has 1 N–H and O–H groups in total. The Morgan fingerprint density at radius 1 is 0.970 bits per heavy atom. The molecule has 1 amide bonds. The van der Waals surface area contributed by atoms with Crippen molar-refractivity contribution in [3.05, 3.63) is 59.1 Å². The number of nitrogens with zero attached hydrogens (tertiary/aromatic N) is 1. The first-order valence-corrected chi connectivity index (χ1v) is 10.6. The van der Waals surface area contributed by atoms with E-state index in [1.807, 2.05) is 12.1 Å². The summed E-state index contributed by atoms with van der Waals surface area (Å²) < 4.78 is 20.2. The zero-order chi connectivity index (χ0) is 23.8. The van der Waals surface area contributed by atoms with Gasteiger partial charge in [-0.1, -0.05) is 0 Å². The molecule has 172 valence electrons. The van der Waals surface area contributed by atoms with Crippen molar-refractivity contribution >= 4 is 34.9 Å². The number of esters is 2. The minimum atomic E-state index is -0.574. The molecule has 0 atom stereocenters. The van der Waals surface area contributed by atoms with Crippen LogP contribution in [0.25, 0.3) is 10.6 Å². The maximum absolute atomic E-state index is 12.1. The molecule has 2 aromatic carbocycles. The summed E-state index contributed by atoms with van der Waals surface area (Å²) in [6.07, 6.45) is -0.0646. The molecule has 9 nitrogen and oxygen atoms in total. The number of hydrogen-bond donors (Lipinski definition) is 1. The summed E-state index contributed by atoms with van der Waals surface area (Å²) in [5.74, 6) is -0.358. The van der Waals surface area contributed by atoms with Gasteiger partial charge >= 0.3 is 11.9 Å². The van der Waals surface area contributed by atoms with Gasteiger partial charge in [0, 0.05) is 16.6 Å². The molecule has 0 saturated carbocycles. The standard InChI is InChI=1S/C23H22N2O7S/c1-29-18-9-6-15(10-19(18)30-2)22-25-17(13-33-22)11-21(27)32-12-20(26)24-16-7-4-14(5-8-16)23(28)31-3/h4-10,13H,11-12H2,1-3H3,(H,24,26). The largest absolute Gasteiger partial charge is 0.493 e. The average molecular weight is 471 g/mol. The maximum Gasteiger partial charge on any atom is 0.337 e. The van der Waals surface area contributed by atoms with E-state index in [2.05, 4.69) is 15.0 Å². The Kier molecular flexibility index (Phi) is 7.98. The summed E-state index contributed by atoms with van der Waals surface area (Å²) >= 11 is 1.38. The highest BCUT2D eigenvalue weighted by Gasteiger charge is 2.14. The molecule has 0 saturated heterocycles. The predicted octanol–water partition coefficient (Wildman–Crippen LogP) is 3.34. The van der Waals surface area contributed by atoms with Gasteiger partial charge in [0.05, 0.1) is 39.0 Å². The molecule has 0 radical (unpaired) electrons. The molecule has 1 heterocycles. The topological polar surface area (TPSA) is 113 Å². The molecule has 0 aliphatic carbocycles. The van der Waals surface area contributed by atoms with E-state index in [1.165, 1.54) is 30.6 Å². The van der Waals surface area contributed by atoms with Crippen molar-refractivity contribution in [3.8, 4) is 22.1 Å². The van der Waals surface area contributed by atoms with E-state index in [-0.39, 0.29) is 6.42 Å². The van der Waals surface area contributed by atoms with E-state index in [0.29, 0.717) is 33.5 Å². The minimum Gasteiger partial charge on any atom is -0.493 e. The zero-order valence-corrected chi connectivity index (χ0v) is 19.1. The number of amides is 1. The van der Waals surface area contributed by atoms with Crippen LogP contribution in [0.1, 0.15) is 16.1 Å². The first-order chi connectivity index (χ1) is 15.9. The van der Waals surface area contributed by atoms with Crippen molar-refractivity contribution in [2.24, 2.45) is 0 Å². The Balaban J connectivity index is 1.51.